The first-order valence-corrected chi connectivity index (χ1v) is 14.0. The molecule has 0 bridgehead atoms. The number of hydrogen-bond acceptors (Lipinski definition) is 7. The molecule has 2 aromatic heterocycles. The predicted octanol–water partition coefficient (Wildman–Crippen LogP) is 4.44. The zero-order valence-corrected chi connectivity index (χ0v) is 24.2. The van der Waals surface area contributed by atoms with E-state index in [-0.39, 0.29) is 45.7 Å². The maximum Gasteiger partial charge on any atom is 0.370 e. The summed E-state index contributed by atoms with van der Waals surface area (Å²) in [6.45, 7) is 9.15. The number of carbonyl (C=O) groups excluding carboxylic acids is 1. The molecule has 5 rings (SSSR count). The molecule has 2 aliphatic heterocycles. The van der Waals surface area contributed by atoms with Gasteiger partial charge in [-0.2, -0.15) is 9.66 Å². The number of pyridine rings is 1. The Morgan fingerprint density at radius 2 is 1.95 bits per heavy atom. The molecule has 3 aromatic rings. The van der Waals surface area contributed by atoms with Gasteiger partial charge in [0, 0.05) is 43.2 Å². The molecule has 2 atom stereocenters. The van der Waals surface area contributed by atoms with E-state index in [1.807, 2.05) is 38.7 Å². The van der Waals surface area contributed by atoms with Crippen LogP contribution in [0.25, 0.3) is 22.3 Å². The van der Waals surface area contributed by atoms with Crippen LogP contribution in [-0.4, -0.2) is 69.4 Å². The highest BCUT2D eigenvalue weighted by atomic mass is 35.5. The number of benzene rings is 1. The molecule has 40 heavy (non-hydrogen) atoms. The van der Waals surface area contributed by atoms with Crippen molar-refractivity contribution in [3.63, 3.8) is 0 Å². The molecule has 9 nitrogen and oxygen atoms in total. The summed E-state index contributed by atoms with van der Waals surface area (Å²) in [6.07, 6.45) is 3.15. The predicted molar refractivity (Wildman–Crippen MR) is 157 cm³/mol. The number of anilines is 1. The van der Waals surface area contributed by atoms with Gasteiger partial charge in [0.25, 0.3) is 0 Å². The smallest absolute Gasteiger partial charge is 0.350 e. The Labute approximate surface area is 241 Å². The van der Waals surface area contributed by atoms with Gasteiger partial charge in [-0.25, -0.2) is 14.2 Å². The summed E-state index contributed by atoms with van der Waals surface area (Å²) in [5, 5.41) is 2.52. The summed E-state index contributed by atoms with van der Waals surface area (Å²) in [5.41, 5.74) is 0.930. The quantitative estimate of drug-likeness (QED) is 0.411. The van der Waals surface area contributed by atoms with Gasteiger partial charge in [0.15, 0.2) is 5.65 Å². The molecule has 0 N–H and O–H groups in total. The van der Waals surface area contributed by atoms with Crippen molar-refractivity contribution in [2.75, 3.05) is 35.4 Å². The lowest BCUT2D eigenvalue weighted by Gasteiger charge is -2.41. The molecule has 0 radical (unpaired) electrons. The van der Waals surface area contributed by atoms with E-state index in [4.69, 9.17) is 28.2 Å². The average molecular weight is 586 g/mol. The average Bonchev–Trinajstić information content (AvgIpc) is 2.93. The van der Waals surface area contributed by atoms with E-state index in [0.717, 1.165) is 5.70 Å². The van der Waals surface area contributed by atoms with Gasteiger partial charge in [-0.1, -0.05) is 37.6 Å². The number of hydrogen-bond donors (Lipinski definition) is 0. The van der Waals surface area contributed by atoms with Crippen molar-refractivity contribution >= 4 is 52.2 Å². The van der Waals surface area contributed by atoms with Crippen molar-refractivity contribution < 1.29 is 9.18 Å². The Morgan fingerprint density at radius 1 is 1.20 bits per heavy atom. The Balaban J connectivity index is 1.76. The van der Waals surface area contributed by atoms with Gasteiger partial charge in [0.1, 0.15) is 23.7 Å². The maximum atomic E-state index is 14.9. The lowest BCUT2D eigenvalue weighted by molar-refractivity contribution is -0.129. The van der Waals surface area contributed by atoms with Crippen molar-refractivity contribution in [1.82, 2.24) is 19.5 Å². The first-order chi connectivity index (χ1) is 19.1. The summed E-state index contributed by atoms with van der Waals surface area (Å²) < 4.78 is 16.3. The van der Waals surface area contributed by atoms with Crippen molar-refractivity contribution in [1.29, 1.82) is 0 Å². The lowest BCUT2D eigenvalue weighted by Crippen LogP contribution is -2.55. The van der Waals surface area contributed by atoms with Gasteiger partial charge in [-0.3, -0.25) is 14.8 Å². The molecule has 0 spiro atoms. The molecule has 1 fully saturated rings. The first kappa shape index (κ1) is 28.0. The minimum absolute atomic E-state index is 0.0486. The highest BCUT2D eigenvalue weighted by Crippen LogP contribution is 2.35. The molecular weight excluding hydrogens is 556 g/mol. The van der Waals surface area contributed by atoms with Crippen molar-refractivity contribution in [2.24, 2.45) is 10.9 Å². The van der Waals surface area contributed by atoms with Crippen LogP contribution in [0, 0.1) is 11.7 Å². The number of allylic oxidation sites excluding steroid dienone is 2. The Morgan fingerprint density at radius 3 is 2.62 bits per heavy atom. The zero-order valence-electron chi connectivity index (χ0n) is 22.7. The van der Waals surface area contributed by atoms with Crippen LogP contribution in [0.15, 0.2) is 51.9 Å². The van der Waals surface area contributed by atoms with Crippen molar-refractivity contribution in [2.45, 2.75) is 39.9 Å². The van der Waals surface area contributed by atoms with E-state index in [9.17, 15) is 14.0 Å². The molecule has 12 heteroatoms. The number of alkyl halides is 1. The number of fused-ring (bicyclic) bond motifs is 1. The minimum atomic E-state index is -0.557. The van der Waals surface area contributed by atoms with Crippen LogP contribution in [0.3, 0.4) is 0 Å². The number of halogens is 3. The summed E-state index contributed by atoms with van der Waals surface area (Å²) in [5.74, 6) is -0.267. The molecular formula is C28H30Cl2FN7O2. The minimum Gasteiger partial charge on any atom is -0.350 e. The second-order valence-electron chi connectivity index (χ2n) is 10.3. The number of aliphatic imine (C=N–C) groups is 1. The summed E-state index contributed by atoms with van der Waals surface area (Å²) >= 11 is 12.5. The molecule has 1 unspecified atom stereocenters. The number of aromatic nitrogens is 3. The number of rotatable bonds is 5. The van der Waals surface area contributed by atoms with Gasteiger partial charge in [0.05, 0.1) is 16.1 Å². The topological polar surface area (TPSA) is 86.9 Å². The lowest BCUT2D eigenvalue weighted by atomic mass is 10.1. The van der Waals surface area contributed by atoms with E-state index in [0.29, 0.717) is 30.8 Å². The second kappa shape index (κ2) is 11.2. The molecule has 0 aliphatic carbocycles. The van der Waals surface area contributed by atoms with E-state index in [1.165, 1.54) is 10.7 Å². The fourth-order valence-corrected chi connectivity index (χ4v) is 5.67. The van der Waals surface area contributed by atoms with E-state index in [1.54, 1.807) is 40.4 Å². The fraction of sp³-hybridized carbons (Fsp3) is 0.393. The molecule has 0 saturated carbocycles. The Bertz CT molecular complexity index is 1590. The zero-order chi connectivity index (χ0) is 28.7. The van der Waals surface area contributed by atoms with Gasteiger partial charge in [-0.05, 0) is 44.0 Å². The molecule has 1 saturated heterocycles. The van der Waals surface area contributed by atoms with Crippen LogP contribution in [0.1, 0.15) is 27.7 Å². The highest BCUT2D eigenvalue weighted by Gasteiger charge is 2.33. The Hall–Kier alpha value is -3.50. The summed E-state index contributed by atoms with van der Waals surface area (Å²) in [4.78, 5) is 43.8. The monoisotopic (exact) mass is 585 g/mol. The largest absolute Gasteiger partial charge is 0.370 e. The van der Waals surface area contributed by atoms with Crippen LogP contribution in [0.2, 0.25) is 5.02 Å². The third-order valence-electron chi connectivity index (χ3n) is 7.25. The van der Waals surface area contributed by atoms with Gasteiger partial charge >= 0.3 is 5.69 Å². The van der Waals surface area contributed by atoms with Gasteiger partial charge in [0.2, 0.25) is 5.91 Å². The number of amides is 1. The van der Waals surface area contributed by atoms with Crippen LogP contribution >= 0.6 is 23.2 Å². The third kappa shape index (κ3) is 4.94. The van der Waals surface area contributed by atoms with Crippen LogP contribution in [0.4, 0.5) is 10.2 Å². The number of piperazine rings is 1. The van der Waals surface area contributed by atoms with E-state index < -0.39 is 17.7 Å². The first-order valence-electron chi connectivity index (χ1n) is 13.1. The molecule has 1 aromatic carbocycles. The van der Waals surface area contributed by atoms with Crippen LogP contribution in [-0.2, 0) is 4.79 Å². The van der Waals surface area contributed by atoms with Crippen LogP contribution in [0.5, 0.6) is 0 Å². The van der Waals surface area contributed by atoms with E-state index >= 15 is 0 Å². The Kier molecular flexibility index (Phi) is 7.83. The normalized spacial score (nSPS) is 19.5. The molecule has 1 amide bonds. The number of carbonyl (C=O) groups is 1. The van der Waals surface area contributed by atoms with Crippen molar-refractivity contribution in [3.05, 3.63) is 63.4 Å². The second-order valence-corrected chi connectivity index (χ2v) is 11.0. The number of nitrogens with zero attached hydrogens (tertiary/aromatic N) is 7. The van der Waals surface area contributed by atoms with Crippen molar-refractivity contribution in [3.8, 4) is 11.3 Å². The fourth-order valence-electron chi connectivity index (χ4n) is 5.25. The van der Waals surface area contributed by atoms with E-state index in [2.05, 4.69) is 9.98 Å². The van der Waals surface area contributed by atoms with Gasteiger partial charge in [-0.15, -0.1) is 11.6 Å². The molecule has 4 heterocycles. The SMILES string of the molecule is CC1=CC=N[C@H](C(C)C)N1n1c(=O)nc(N2CCN(C(=O)CCl)CC2C)c2cc(Cl)c(-c3ccccc3F)nc21. The maximum absolute atomic E-state index is 14.9. The highest BCUT2D eigenvalue weighted by molar-refractivity contribution is 6.34. The molecule has 2 aliphatic rings. The summed E-state index contributed by atoms with van der Waals surface area (Å²) in [7, 11) is 0. The van der Waals surface area contributed by atoms with Gasteiger partial charge < -0.3 is 9.80 Å². The standard InChI is InChI=1S/C28H30Cl2FN7O2/c1-16(2)25-32-10-9-17(3)37(25)38-27-20(13-21(30)24(33-27)19-7-5-6-8-22(19)31)26(34-28(38)40)36-12-11-35(15-18(36)4)23(39)14-29/h5-10,13,16,18,25H,11-12,14-15H2,1-4H3/t18?,25-/m0/s1. The molecule has 210 valence electrons. The van der Waals surface area contributed by atoms with Crippen LogP contribution < -0.4 is 15.6 Å². The summed E-state index contributed by atoms with van der Waals surface area (Å²) in [6, 6.07) is 7.76. The third-order valence-corrected chi connectivity index (χ3v) is 7.77.